The Labute approximate surface area is 126 Å². The number of ether oxygens (including phenoxy) is 1. The molecule has 1 aromatic rings. The van der Waals surface area contributed by atoms with Crippen LogP contribution >= 0.6 is 0 Å². The van der Waals surface area contributed by atoms with Gasteiger partial charge in [-0.05, 0) is 38.0 Å². The van der Waals surface area contributed by atoms with Gasteiger partial charge in [0.1, 0.15) is 0 Å². The molecule has 1 saturated carbocycles. The third kappa shape index (κ3) is 5.02. The molecule has 1 fully saturated rings. The summed E-state index contributed by atoms with van der Waals surface area (Å²) in [6.07, 6.45) is 8.44. The smallest absolute Gasteiger partial charge is 0.323 e. The molecule has 1 aromatic heterocycles. The Morgan fingerprint density at radius 1 is 1.10 bits per heavy atom. The normalized spacial score (nSPS) is 22.0. The lowest BCUT2D eigenvalue weighted by Gasteiger charge is -2.28. The second-order valence-corrected chi connectivity index (χ2v) is 5.80. The number of hydrogen-bond donors (Lipinski definition) is 2. The molecule has 1 heterocycles. The molecular weight excluding hydrogens is 266 g/mol. The molecule has 0 saturated heterocycles. The van der Waals surface area contributed by atoms with Gasteiger partial charge < -0.3 is 15.8 Å². The molecule has 0 spiro atoms. The molecule has 0 atom stereocenters. The van der Waals surface area contributed by atoms with Crippen molar-refractivity contribution in [2.75, 3.05) is 17.7 Å². The van der Waals surface area contributed by atoms with Gasteiger partial charge >= 0.3 is 6.01 Å². The van der Waals surface area contributed by atoms with E-state index in [4.69, 9.17) is 10.5 Å². The Kier molecular flexibility index (Phi) is 6.02. The number of nitrogens with one attached hydrogen (secondary N) is 1. The summed E-state index contributed by atoms with van der Waals surface area (Å²) in [4.78, 5) is 12.4. The monoisotopic (exact) mass is 293 g/mol. The first kappa shape index (κ1) is 15.8. The summed E-state index contributed by atoms with van der Waals surface area (Å²) in [5.41, 5.74) is 5.72. The molecule has 21 heavy (non-hydrogen) atoms. The number of nitrogen functional groups attached to an aromatic ring is 1. The van der Waals surface area contributed by atoms with Crippen molar-refractivity contribution in [3.8, 4) is 6.01 Å². The summed E-state index contributed by atoms with van der Waals surface area (Å²) in [5.74, 6) is 1.63. The Morgan fingerprint density at radius 2 is 1.86 bits per heavy atom. The Morgan fingerprint density at radius 3 is 2.52 bits per heavy atom. The summed E-state index contributed by atoms with van der Waals surface area (Å²) in [7, 11) is 0. The van der Waals surface area contributed by atoms with Gasteiger partial charge in [0.05, 0.1) is 6.61 Å². The fourth-order valence-corrected chi connectivity index (χ4v) is 2.88. The number of hydrogen-bond acceptors (Lipinski definition) is 6. The van der Waals surface area contributed by atoms with Gasteiger partial charge in [0.25, 0.3) is 0 Å². The SMILES string of the molecule is CCCOc1nc(N)nc(NC2CCC(CCC)CC2)n1. The Bertz CT molecular complexity index is 432. The number of rotatable bonds is 7. The zero-order valence-electron chi connectivity index (χ0n) is 13.1. The van der Waals surface area contributed by atoms with Gasteiger partial charge in [-0.25, -0.2) is 0 Å². The molecule has 118 valence electrons. The molecule has 0 amide bonds. The molecule has 1 aliphatic carbocycles. The third-order valence-electron chi connectivity index (χ3n) is 3.94. The molecule has 6 heteroatoms. The number of nitrogens with zero attached hydrogens (tertiary/aromatic N) is 3. The summed E-state index contributed by atoms with van der Waals surface area (Å²) in [6, 6.07) is 0.741. The van der Waals surface area contributed by atoms with E-state index in [0.29, 0.717) is 24.6 Å². The van der Waals surface area contributed by atoms with Crippen LogP contribution in [-0.2, 0) is 0 Å². The highest BCUT2D eigenvalue weighted by Gasteiger charge is 2.21. The predicted molar refractivity (Wildman–Crippen MR) is 84.3 cm³/mol. The lowest BCUT2D eigenvalue weighted by Crippen LogP contribution is -2.27. The minimum atomic E-state index is 0.207. The quantitative estimate of drug-likeness (QED) is 0.803. The lowest BCUT2D eigenvalue weighted by atomic mass is 9.83. The standard InChI is InChI=1S/C15H27N5O/c1-3-5-11-6-8-12(9-7-11)17-14-18-13(16)19-15(20-14)21-10-4-2/h11-12H,3-10H2,1-2H3,(H3,16,17,18,19,20). The molecule has 0 unspecified atom stereocenters. The van der Waals surface area contributed by atoms with Crippen LogP contribution in [0.5, 0.6) is 6.01 Å². The van der Waals surface area contributed by atoms with Crippen molar-refractivity contribution in [3.63, 3.8) is 0 Å². The topological polar surface area (TPSA) is 86.0 Å². The summed E-state index contributed by atoms with van der Waals surface area (Å²) < 4.78 is 5.43. The van der Waals surface area contributed by atoms with Gasteiger partial charge in [0, 0.05) is 6.04 Å². The van der Waals surface area contributed by atoms with E-state index in [1.807, 2.05) is 6.92 Å². The number of nitrogens with two attached hydrogens (primary N) is 1. The van der Waals surface area contributed by atoms with E-state index in [1.165, 1.54) is 38.5 Å². The van der Waals surface area contributed by atoms with Gasteiger partial charge in [0.15, 0.2) is 0 Å². The van der Waals surface area contributed by atoms with Crippen LogP contribution < -0.4 is 15.8 Å². The van der Waals surface area contributed by atoms with Crippen LogP contribution in [0.1, 0.15) is 58.8 Å². The van der Waals surface area contributed by atoms with Gasteiger partial charge in [-0.3, -0.25) is 0 Å². The van der Waals surface area contributed by atoms with Gasteiger partial charge in [-0.1, -0.05) is 26.7 Å². The van der Waals surface area contributed by atoms with Crippen molar-refractivity contribution in [2.24, 2.45) is 5.92 Å². The zero-order valence-corrected chi connectivity index (χ0v) is 13.1. The van der Waals surface area contributed by atoms with Crippen LogP contribution in [0.3, 0.4) is 0 Å². The largest absolute Gasteiger partial charge is 0.463 e. The zero-order chi connectivity index (χ0) is 15.1. The van der Waals surface area contributed by atoms with Crippen molar-refractivity contribution in [2.45, 2.75) is 64.8 Å². The predicted octanol–water partition coefficient (Wildman–Crippen LogP) is 3.01. The van der Waals surface area contributed by atoms with Crippen LogP contribution in [0.2, 0.25) is 0 Å². The maximum atomic E-state index is 5.72. The molecule has 3 N–H and O–H groups in total. The highest BCUT2D eigenvalue weighted by atomic mass is 16.5. The van der Waals surface area contributed by atoms with Crippen LogP contribution in [0.15, 0.2) is 0 Å². The van der Waals surface area contributed by atoms with Crippen LogP contribution in [0.25, 0.3) is 0 Å². The molecule has 6 nitrogen and oxygen atoms in total. The van der Waals surface area contributed by atoms with E-state index in [1.54, 1.807) is 0 Å². The van der Waals surface area contributed by atoms with E-state index in [2.05, 4.69) is 27.2 Å². The average molecular weight is 293 g/mol. The van der Waals surface area contributed by atoms with E-state index in [9.17, 15) is 0 Å². The first-order chi connectivity index (χ1) is 10.2. The summed E-state index contributed by atoms with van der Waals surface area (Å²) in [6.45, 7) is 4.89. The van der Waals surface area contributed by atoms with Gasteiger partial charge in [-0.2, -0.15) is 15.0 Å². The summed E-state index contributed by atoms with van der Waals surface area (Å²) >= 11 is 0. The first-order valence-corrected chi connectivity index (χ1v) is 8.12. The minimum absolute atomic E-state index is 0.207. The molecule has 2 rings (SSSR count). The average Bonchev–Trinajstić information content (AvgIpc) is 2.47. The fourth-order valence-electron chi connectivity index (χ4n) is 2.88. The molecule has 0 aliphatic heterocycles. The molecule has 1 aliphatic rings. The molecule has 0 bridgehead atoms. The van der Waals surface area contributed by atoms with Crippen molar-refractivity contribution >= 4 is 11.9 Å². The fraction of sp³-hybridized carbons (Fsp3) is 0.800. The number of aromatic nitrogens is 3. The summed E-state index contributed by atoms with van der Waals surface area (Å²) in [5, 5.41) is 3.38. The van der Waals surface area contributed by atoms with Crippen molar-refractivity contribution in [1.82, 2.24) is 15.0 Å². The highest BCUT2D eigenvalue weighted by molar-refractivity contribution is 5.33. The van der Waals surface area contributed by atoms with E-state index >= 15 is 0 Å². The Hall–Kier alpha value is -1.59. The van der Waals surface area contributed by atoms with Crippen molar-refractivity contribution < 1.29 is 4.74 Å². The van der Waals surface area contributed by atoms with Gasteiger partial charge in [-0.15, -0.1) is 0 Å². The van der Waals surface area contributed by atoms with Crippen molar-refractivity contribution in [1.29, 1.82) is 0 Å². The third-order valence-corrected chi connectivity index (χ3v) is 3.94. The van der Waals surface area contributed by atoms with Crippen LogP contribution in [-0.4, -0.2) is 27.6 Å². The highest BCUT2D eigenvalue weighted by Crippen LogP contribution is 2.29. The van der Waals surface area contributed by atoms with E-state index < -0.39 is 0 Å². The maximum Gasteiger partial charge on any atom is 0.323 e. The Balaban J connectivity index is 1.89. The first-order valence-electron chi connectivity index (χ1n) is 8.12. The second-order valence-electron chi connectivity index (χ2n) is 5.80. The van der Waals surface area contributed by atoms with E-state index in [-0.39, 0.29) is 5.95 Å². The second kappa shape index (κ2) is 8.00. The maximum absolute atomic E-state index is 5.72. The van der Waals surface area contributed by atoms with Gasteiger partial charge in [0.2, 0.25) is 11.9 Å². The molecule has 0 radical (unpaired) electrons. The number of anilines is 2. The molecular formula is C15H27N5O. The van der Waals surface area contributed by atoms with Crippen LogP contribution in [0, 0.1) is 5.92 Å². The molecule has 0 aromatic carbocycles. The van der Waals surface area contributed by atoms with Crippen LogP contribution in [0.4, 0.5) is 11.9 Å². The van der Waals surface area contributed by atoms with E-state index in [0.717, 1.165) is 12.3 Å². The van der Waals surface area contributed by atoms with Crippen molar-refractivity contribution in [3.05, 3.63) is 0 Å². The lowest BCUT2D eigenvalue weighted by molar-refractivity contribution is 0.291. The minimum Gasteiger partial charge on any atom is -0.463 e.